The molecule has 166 valence electrons. The molecule has 0 bridgehead atoms. The van der Waals surface area contributed by atoms with Crippen LogP contribution in [0.5, 0.6) is 0 Å². The molecule has 2 fully saturated rings. The molecule has 2 amide bonds. The van der Waals surface area contributed by atoms with E-state index >= 15 is 0 Å². The summed E-state index contributed by atoms with van der Waals surface area (Å²) in [5, 5.41) is 10.4. The van der Waals surface area contributed by atoms with Gasteiger partial charge in [-0.05, 0) is 6.42 Å². The van der Waals surface area contributed by atoms with Crippen molar-refractivity contribution in [3.05, 3.63) is 36.2 Å². The van der Waals surface area contributed by atoms with Gasteiger partial charge in [-0.1, -0.05) is 0 Å². The summed E-state index contributed by atoms with van der Waals surface area (Å²) in [6.07, 6.45) is 0.354. The lowest BCUT2D eigenvalue weighted by Gasteiger charge is -2.36. The first-order valence-corrected chi connectivity index (χ1v) is 9.80. The van der Waals surface area contributed by atoms with E-state index < -0.39 is 36.0 Å². The van der Waals surface area contributed by atoms with E-state index in [9.17, 15) is 22.8 Å². The zero-order chi connectivity index (χ0) is 22.1. The fourth-order valence-electron chi connectivity index (χ4n) is 3.86. The Morgan fingerprint density at radius 1 is 1.23 bits per heavy atom. The van der Waals surface area contributed by atoms with Gasteiger partial charge in [0, 0.05) is 25.6 Å². The topological polar surface area (TPSA) is 92.6 Å². The fourth-order valence-corrected chi connectivity index (χ4v) is 3.86. The number of ether oxygens (including phenoxy) is 1. The Labute approximate surface area is 175 Å². The molecule has 2 unspecified atom stereocenters. The lowest BCUT2D eigenvalue weighted by Crippen LogP contribution is -2.44. The van der Waals surface area contributed by atoms with Crippen molar-refractivity contribution in [3.63, 3.8) is 0 Å². The summed E-state index contributed by atoms with van der Waals surface area (Å²) in [7, 11) is 0. The molecule has 2 saturated heterocycles. The van der Waals surface area contributed by atoms with Crippen LogP contribution < -0.4 is 15.1 Å². The van der Waals surface area contributed by atoms with Crippen molar-refractivity contribution in [2.45, 2.75) is 31.7 Å². The second-order valence-electron chi connectivity index (χ2n) is 7.48. The Hall–Kier alpha value is -3.31. The summed E-state index contributed by atoms with van der Waals surface area (Å²) >= 11 is 0. The van der Waals surface area contributed by atoms with Crippen LogP contribution in [0.2, 0.25) is 0 Å². The minimum absolute atomic E-state index is 0.0125. The number of nitrogens with one attached hydrogen (secondary N) is 1. The number of rotatable bonds is 5. The van der Waals surface area contributed by atoms with Gasteiger partial charge in [-0.25, -0.2) is 18.0 Å². The van der Waals surface area contributed by atoms with Gasteiger partial charge in [0.15, 0.2) is 11.6 Å². The number of hydrogen-bond acceptors (Lipinski definition) is 6. The predicted octanol–water partition coefficient (Wildman–Crippen LogP) is 1.81. The third-order valence-corrected chi connectivity index (χ3v) is 5.32. The SMILES string of the molecule is CC(=O)NCC1CN(c2cc(F)c(N3CCC(n4nccn4)[C@@H](F)C3)c(F)c2)C(=O)O1. The number of alkyl halides is 1. The molecule has 3 heterocycles. The lowest BCUT2D eigenvalue weighted by atomic mass is 10.0. The maximum atomic E-state index is 14.9. The molecular weight excluding hydrogens is 417 g/mol. The van der Waals surface area contributed by atoms with E-state index in [1.165, 1.54) is 29.0 Å². The minimum atomic E-state index is -1.41. The Morgan fingerprint density at radius 2 is 1.90 bits per heavy atom. The number of halogens is 3. The van der Waals surface area contributed by atoms with Crippen LogP contribution in [0.4, 0.5) is 29.3 Å². The fraction of sp³-hybridized carbons (Fsp3) is 0.474. The van der Waals surface area contributed by atoms with Crippen molar-refractivity contribution in [2.75, 3.05) is 36.0 Å². The highest BCUT2D eigenvalue weighted by molar-refractivity contribution is 5.90. The van der Waals surface area contributed by atoms with Crippen molar-refractivity contribution in [1.29, 1.82) is 0 Å². The molecule has 3 atom stereocenters. The van der Waals surface area contributed by atoms with E-state index in [0.29, 0.717) is 0 Å². The number of benzene rings is 1. The number of carbonyl (C=O) groups is 2. The summed E-state index contributed by atoms with van der Waals surface area (Å²) in [5.74, 6) is -2.10. The number of anilines is 2. The summed E-state index contributed by atoms with van der Waals surface area (Å²) in [4.78, 5) is 26.8. The normalized spacial score (nSPS) is 23.7. The van der Waals surface area contributed by atoms with Crippen molar-refractivity contribution in [2.24, 2.45) is 0 Å². The van der Waals surface area contributed by atoms with Crippen LogP contribution in [-0.4, -0.2) is 65.4 Å². The van der Waals surface area contributed by atoms with Crippen LogP contribution in [0.25, 0.3) is 0 Å². The summed E-state index contributed by atoms with van der Waals surface area (Å²) in [6.45, 7) is 1.45. The van der Waals surface area contributed by atoms with Crippen LogP contribution in [0.3, 0.4) is 0 Å². The Morgan fingerprint density at radius 3 is 2.52 bits per heavy atom. The Kier molecular flexibility index (Phi) is 5.70. The van der Waals surface area contributed by atoms with Crippen LogP contribution in [0.15, 0.2) is 24.5 Å². The summed E-state index contributed by atoms with van der Waals surface area (Å²) in [5.41, 5.74) is -0.359. The van der Waals surface area contributed by atoms with E-state index in [4.69, 9.17) is 4.74 Å². The molecule has 2 aliphatic heterocycles. The zero-order valence-electron chi connectivity index (χ0n) is 16.7. The second-order valence-corrected chi connectivity index (χ2v) is 7.48. The molecule has 0 saturated carbocycles. The van der Waals surface area contributed by atoms with Gasteiger partial charge in [0.2, 0.25) is 5.91 Å². The third-order valence-electron chi connectivity index (χ3n) is 5.32. The number of nitrogens with zero attached hydrogens (tertiary/aromatic N) is 5. The number of hydrogen-bond donors (Lipinski definition) is 1. The molecule has 9 nitrogen and oxygen atoms in total. The monoisotopic (exact) mass is 438 g/mol. The number of carbonyl (C=O) groups excluding carboxylic acids is 2. The molecule has 0 aliphatic carbocycles. The van der Waals surface area contributed by atoms with Crippen molar-refractivity contribution >= 4 is 23.4 Å². The number of amides is 2. The Bertz CT molecular complexity index is 950. The molecule has 0 spiro atoms. The van der Waals surface area contributed by atoms with E-state index in [0.717, 1.165) is 17.0 Å². The minimum Gasteiger partial charge on any atom is -0.442 e. The van der Waals surface area contributed by atoms with E-state index in [2.05, 4.69) is 15.5 Å². The molecule has 12 heteroatoms. The average molecular weight is 438 g/mol. The van der Waals surface area contributed by atoms with Crippen LogP contribution >= 0.6 is 0 Å². The molecule has 0 radical (unpaired) electrons. The maximum Gasteiger partial charge on any atom is 0.414 e. The van der Waals surface area contributed by atoms with E-state index in [-0.39, 0.29) is 49.9 Å². The van der Waals surface area contributed by atoms with Gasteiger partial charge in [0.05, 0.1) is 37.7 Å². The summed E-state index contributed by atoms with van der Waals surface area (Å²) in [6, 6.07) is 1.44. The molecular formula is C19H21F3N6O3. The molecule has 1 N–H and O–H groups in total. The first-order chi connectivity index (χ1) is 14.8. The van der Waals surface area contributed by atoms with Crippen LogP contribution in [0, 0.1) is 11.6 Å². The largest absolute Gasteiger partial charge is 0.442 e. The smallest absolute Gasteiger partial charge is 0.414 e. The molecule has 2 aliphatic rings. The van der Waals surface area contributed by atoms with E-state index in [1.54, 1.807) is 0 Å². The van der Waals surface area contributed by atoms with Crippen molar-refractivity contribution in [3.8, 4) is 0 Å². The molecule has 31 heavy (non-hydrogen) atoms. The van der Waals surface area contributed by atoms with Crippen molar-refractivity contribution < 1.29 is 27.5 Å². The van der Waals surface area contributed by atoms with Crippen LogP contribution in [-0.2, 0) is 9.53 Å². The highest BCUT2D eigenvalue weighted by Crippen LogP contribution is 2.34. The number of piperidine rings is 1. The van der Waals surface area contributed by atoms with Crippen LogP contribution in [0.1, 0.15) is 19.4 Å². The van der Waals surface area contributed by atoms with E-state index in [1.807, 2.05) is 0 Å². The predicted molar refractivity (Wildman–Crippen MR) is 103 cm³/mol. The number of cyclic esters (lactones) is 1. The van der Waals surface area contributed by atoms with Gasteiger partial charge in [0.1, 0.15) is 24.0 Å². The third kappa shape index (κ3) is 4.28. The highest BCUT2D eigenvalue weighted by atomic mass is 19.1. The molecule has 2 aromatic rings. The Balaban J connectivity index is 1.48. The second kappa shape index (κ2) is 8.44. The highest BCUT2D eigenvalue weighted by Gasteiger charge is 2.36. The first-order valence-electron chi connectivity index (χ1n) is 9.80. The van der Waals surface area contributed by atoms with Gasteiger partial charge in [-0.3, -0.25) is 9.69 Å². The van der Waals surface area contributed by atoms with Gasteiger partial charge in [-0.2, -0.15) is 15.0 Å². The molecule has 1 aromatic carbocycles. The van der Waals surface area contributed by atoms with Gasteiger partial charge >= 0.3 is 6.09 Å². The van der Waals surface area contributed by atoms with Gasteiger partial charge in [-0.15, -0.1) is 0 Å². The lowest BCUT2D eigenvalue weighted by molar-refractivity contribution is -0.119. The van der Waals surface area contributed by atoms with Gasteiger partial charge < -0.3 is 15.0 Å². The maximum absolute atomic E-state index is 14.9. The molecule has 4 rings (SSSR count). The summed E-state index contributed by atoms with van der Waals surface area (Å²) < 4.78 is 49.5. The molecule has 1 aromatic heterocycles. The first kappa shape index (κ1) is 20.9. The standard InChI is InChI=1S/C19H21F3N6O3/c1-11(29)23-8-13-9-27(19(30)31-13)12-6-14(20)18(15(21)7-12)26-5-2-17(16(22)10-26)28-24-3-4-25-28/h3-4,6-7,13,16-17H,2,5,8-10H2,1H3,(H,23,29)/t13?,16-,17?/m0/s1. The average Bonchev–Trinajstić information content (AvgIpc) is 3.36. The van der Waals surface area contributed by atoms with Gasteiger partial charge in [0.25, 0.3) is 0 Å². The quantitative estimate of drug-likeness (QED) is 0.766. The number of aromatic nitrogens is 3. The van der Waals surface area contributed by atoms with Crippen molar-refractivity contribution in [1.82, 2.24) is 20.3 Å². The zero-order valence-corrected chi connectivity index (χ0v) is 16.7.